The van der Waals surface area contributed by atoms with Crippen LogP contribution >= 0.6 is 0 Å². The number of carboxylic acids is 1. The van der Waals surface area contributed by atoms with Gasteiger partial charge in [-0.15, -0.1) is 0 Å². The first kappa shape index (κ1) is 9.97. The minimum Gasteiger partial charge on any atom is -0.478 e. The van der Waals surface area contributed by atoms with Crippen molar-refractivity contribution in [2.45, 2.75) is 19.3 Å². The van der Waals surface area contributed by atoms with Crippen LogP contribution in [0.2, 0.25) is 0 Å². The van der Waals surface area contributed by atoms with Crippen LogP contribution in [0.25, 0.3) is 0 Å². The highest BCUT2D eigenvalue weighted by atomic mass is 16.4. The average Bonchev–Trinajstić information content (AvgIpc) is 2.71. The number of allylic oxidation sites excluding steroid dienone is 2. The van der Waals surface area contributed by atoms with Crippen molar-refractivity contribution in [2.24, 2.45) is 5.92 Å². The van der Waals surface area contributed by atoms with Gasteiger partial charge in [0.2, 0.25) is 0 Å². The van der Waals surface area contributed by atoms with E-state index in [4.69, 9.17) is 5.11 Å². The maximum atomic E-state index is 10.8. The van der Waals surface area contributed by atoms with Gasteiger partial charge in [-0.05, 0) is 42.9 Å². The molecule has 2 heteroatoms. The Balaban J connectivity index is 2.10. The van der Waals surface area contributed by atoms with Gasteiger partial charge in [-0.3, -0.25) is 0 Å². The summed E-state index contributed by atoms with van der Waals surface area (Å²) in [7, 11) is 0. The number of hydrogen-bond donors (Lipinski definition) is 1. The Kier molecular flexibility index (Phi) is 2.86. The third-order valence-corrected chi connectivity index (χ3v) is 2.78. The Labute approximate surface area is 89.2 Å². The summed E-state index contributed by atoms with van der Waals surface area (Å²) in [5.74, 6) is -0.257. The zero-order chi connectivity index (χ0) is 10.7. The number of carbonyl (C=O) groups is 1. The molecule has 0 aliphatic heterocycles. The largest absolute Gasteiger partial charge is 0.478 e. The molecule has 1 aromatic rings. The first-order valence-corrected chi connectivity index (χ1v) is 5.24. The molecule has 0 amide bonds. The molecule has 0 bridgehead atoms. The van der Waals surface area contributed by atoms with Gasteiger partial charge in [-0.1, -0.05) is 24.3 Å². The van der Waals surface area contributed by atoms with Crippen LogP contribution in [0.3, 0.4) is 0 Å². The number of hydrogen-bond acceptors (Lipinski definition) is 1. The van der Waals surface area contributed by atoms with Crippen molar-refractivity contribution in [1.29, 1.82) is 0 Å². The summed E-state index contributed by atoms with van der Waals surface area (Å²) in [5, 5.41) is 8.86. The number of aromatic carboxylic acids is 1. The summed E-state index contributed by atoms with van der Waals surface area (Å²) in [5.41, 5.74) is 1.50. The molecule has 0 heterocycles. The smallest absolute Gasteiger partial charge is 0.335 e. The second-order valence-electron chi connectivity index (χ2n) is 3.98. The van der Waals surface area contributed by atoms with E-state index in [2.05, 4.69) is 12.2 Å². The lowest BCUT2D eigenvalue weighted by molar-refractivity contribution is 0.0696. The minimum atomic E-state index is -0.848. The lowest BCUT2D eigenvalue weighted by Crippen LogP contribution is -2.01. The molecule has 1 aromatic carbocycles. The summed E-state index contributed by atoms with van der Waals surface area (Å²) >= 11 is 0. The van der Waals surface area contributed by atoms with Crippen LogP contribution in [0.15, 0.2) is 36.4 Å². The van der Waals surface area contributed by atoms with Crippen molar-refractivity contribution in [2.75, 3.05) is 0 Å². The molecule has 1 unspecified atom stereocenters. The molecule has 0 fully saturated rings. The van der Waals surface area contributed by atoms with E-state index in [1.165, 1.54) is 6.42 Å². The van der Waals surface area contributed by atoms with Crippen LogP contribution in [-0.2, 0) is 6.42 Å². The summed E-state index contributed by atoms with van der Waals surface area (Å²) < 4.78 is 0. The zero-order valence-corrected chi connectivity index (χ0v) is 8.52. The SMILES string of the molecule is O=C(O)c1cccc(CC2C=CCC2)c1. The molecule has 1 atom stereocenters. The molecule has 1 aliphatic carbocycles. The van der Waals surface area contributed by atoms with E-state index >= 15 is 0 Å². The van der Waals surface area contributed by atoms with Crippen molar-refractivity contribution < 1.29 is 9.90 Å². The summed E-state index contributed by atoms with van der Waals surface area (Å²) in [6.07, 6.45) is 7.73. The molecule has 1 N–H and O–H groups in total. The van der Waals surface area contributed by atoms with Crippen LogP contribution in [0.5, 0.6) is 0 Å². The third-order valence-electron chi connectivity index (χ3n) is 2.78. The van der Waals surface area contributed by atoms with Gasteiger partial charge in [-0.2, -0.15) is 0 Å². The van der Waals surface area contributed by atoms with E-state index in [-0.39, 0.29) is 0 Å². The Bertz CT molecular complexity index is 393. The number of rotatable bonds is 3. The van der Waals surface area contributed by atoms with E-state index in [1.807, 2.05) is 12.1 Å². The lowest BCUT2D eigenvalue weighted by Gasteiger charge is -2.07. The third kappa shape index (κ3) is 2.46. The van der Waals surface area contributed by atoms with Crippen molar-refractivity contribution in [3.8, 4) is 0 Å². The maximum absolute atomic E-state index is 10.8. The average molecular weight is 202 g/mol. The molecule has 2 nitrogen and oxygen atoms in total. The molecule has 15 heavy (non-hydrogen) atoms. The van der Waals surface area contributed by atoms with Crippen molar-refractivity contribution in [3.05, 3.63) is 47.5 Å². The number of carboxylic acid groups (broad SMARTS) is 1. The number of benzene rings is 1. The fourth-order valence-electron chi connectivity index (χ4n) is 2.00. The Morgan fingerprint density at radius 3 is 3.00 bits per heavy atom. The van der Waals surface area contributed by atoms with Crippen LogP contribution in [0.1, 0.15) is 28.8 Å². The van der Waals surface area contributed by atoms with Crippen LogP contribution in [0.4, 0.5) is 0 Å². The van der Waals surface area contributed by atoms with Gasteiger partial charge in [0.15, 0.2) is 0 Å². The van der Waals surface area contributed by atoms with Crippen LogP contribution < -0.4 is 0 Å². The van der Waals surface area contributed by atoms with Gasteiger partial charge in [0.1, 0.15) is 0 Å². The van der Waals surface area contributed by atoms with E-state index in [0.29, 0.717) is 11.5 Å². The second-order valence-corrected chi connectivity index (χ2v) is 3.98. The van der Waals surface area contributed by atoms with Crippen molar-refractivity contribution in [1.82, 2.24) is 0 Å². The fraction of sp³-hybridized carbons (Fsp3) is 0.308. The topological polar surface area (TPSA) is 37.3 Å². The molecule has 0 radical (unpaired) electrons. The molecular formula is C13H14O2. The highest BCUT2D eigenvalue weighted by molar-refractivity contribution is 5.87. The Hall–Kier alpha value is -1.57. The molecular weight excluding hydrogens is 188 g/mol. The highest BCUT2D eigenvalue weighted by Crippen LogP contribution is 2.21. The van der Waals surface area contributed by atoms with Gasteiger partial charge in [0, 0.05) is 0 Å². The fourth-order valence-corrected chi connectivity index (χ4v) is 2.00. The molecule has 0 saturated carbocycles. The van der Waals surface area contributed by atoms with Gasteiger partial charge < -0.3 is 5.11 Å². The molecule has 0 aromatic heterocycles. The predicted molar refractivity (Wildman–Crippen MR) is 59.0 cm³/mol. The maximum Gasteiger partial charge on any atom is 0.335 e. The first-order chi connectivity index (χ1) is 7.25. The first-order valence-electron chi connectivity index (χ1n) is 5.24. The summed E-state index contributed by atoms with van der Waals surface area (Å²) in [4.78, 5) is 10.8. The van der Waals surface area contributed by atoms with Gasteiger partial charge >= 0.3 is 5.97 Å². The zero-order valence-electron chi connectivity index (χ0n) is 8.52. The van der Waals surface area contributed by atoms with E-state index in [1.54, 1.807) is 12.1 Å². The van der Waals surface area contributed by atoms with E-state index in [0.717, 1.165) is 18.4 Å². The second kappa shape index (κ2) is 4.30. The molecule has 78 valence electrons. The van der Waals surface area contributed by atoms with Crippen LogP contribution in [0, 0.1) is 5.92 Å². The normalized spacial score (nSPS) is 19.3. The molecule has 0 spiro atoms. The van der Waals surface area contributed by atoms with Crippen LogP contribution in [-0.4, -0.2) is 11.1 Å². The van der Waals surface area contributed by atoms with Crippen molar-refractivity contribution >= 4 is 5.97 Å². The molecule has 0 saturated heterocycles. The minimum absolute atomic E-state index is 0.384. The molecule has 2 rings (SSSR count). The van der Waals surface area contributed by atoms with Crippen molar-refractivity contribution in [3.63, 3.8) is 0 Å². The Morgan fingerprint density at radius 2 is 2.33 bits per heavy atom. The highest BCUT2D eigenvalue weighted by Gasteiger charge is 2.11. The van der Waals surface area contributed by atoms with Gasteiger partial charge in [-0.25, -0.2) is 4.79 Å². The Morgan fingerprint density at radius 1 is 1.47 bits per heavy atom. The van der Waals surface area contributed by atoms with Gasteiger partial charge in [0.25, 0.3) is 0 Å². The quantitative estimate of drug-likeness (QED) is 0.765. The van der Waals surface area contributed by atoms with E-state index in [9.17, 15) is 4.79 Å². The predicted octanol–water partition coefficient (Wildman–Crippen LogP) is 2.89. The summed E-state index contributed by atoms with van der Waals surface area (Å²) in [6.45, 7) is 0. The standard InChI is InChI=1S/C13H14O2/c14-13(15)12-7-3-6-11(9-12)8-10-4-1-2-5-10/h1,3-4,6-7,9-10H,2,5,8H2,(H,14,15). The summed E-state index contributed by atoms with van der Waals surface area (Å²) in [6, 6.07) is 7.22. The monoisotopic (exact) mass is 202 g/mol. The lowest BCUT2D eigenvalue weighted by atomic mass is 9.98. The van der Waals surface area contributed by atoms with Gasteiger partial charge in [0.05, 0.1) is 5.56 Å². The van der Waals surface area contributed by atoms with E-state index < -0.39 is 5.97 Å². The molecule has 1 aliphatic rings.